The first-order chi connectivity index (χ1) is 8.90. The van der Waals surface area contributed by atoms with Crippen molar-refractivity contribution in [2.24, 2.45) is 0 Å². The molecule has 0 bridgehead atoms. The number of aliphatic hydroxyl groups is 1. The van der Waals surface area contributed by atoms with Crippen LogP contribution < -0.4 is 0 Å². The number of rotatable bonds is 4. The van der Waals surface area contributed by atoms with Crippen LogP contribution in [0.4, 0.5) is 5.69 Å². The molecule has 1 unspecified atom stereocenters. The highest BCUT2D eigenvalue weighted by Gasteiger charge is 2.23. The van der Waals surface area contributed by atoms with Crippen LogP contribution in [0.25, 0.3) is 5.00 Å². The quantitative estimate of drug-likeness (QED) is 0.690. The molecule has 102 valence electrons. The van der Waals surface area contributed by atoms with E-state index in [1.165, 1.54) is 22.1 Å². The standard InChI is InChI=1S/C12H15N3O3S/c1-7(2)9-4-5-14(13-9)12-10(15(17)18)6-11(19-12)8(3)16/h4-8,16H,1-3H3. The van der Waals surface area contributed by atoms with Gasteiger partial charge in [-0.2, -0.15) is 5.10 Å². The van der Waals surface area contributed by atoms with Crippen molar-refractivity contribution >= 4 is 17.0 Å². The van der Waals surface area contributed by atoms with Crippen LogP contribution in [0.15, 0.2) is 18.3 Å². The van der Waals surface area contributed by atoms with Gasteiger partial charge in [-0.25, -0.2) is 4.68 Å². The SMILES string of the molecule is CC(C)c1ccn(-c2sc(C(C)O)cc2[N+](=O)[O-])n1. The normalized spacial score (nSPS) is 12.9. The average Bonchev–Trinajstić information content (AvgIpc) is 2.95. The fraction of sp³-hybridized carbons (Fsp3) is 0.417. The molecule has 2 heterocycles. The first-order valence-corrected chi connectivity index (χ1v) is 6.74. The summed E-state index contributed by atoms with van der Waals surface area (Å²) in [6.45, 7) is 5.61. The maximum Gasteiger partial charge on any atom is 0.306 e. The molecule has 0 aliphatic carbocycles. The van der Waals surface area contributed by atoms with Gasteiger partial charge in [0.25, 0.3) is 0 Å². The molecule has 6 nitrogen and oxygen atoms in total. The van der Waals surface area contributed by atoms with Gasteiger partial charge in [0.05, 0.1) is 16.7 Å². The monoisotopic (exact) mass is 281 g/mol. The van der Waals surface area contributed by atoms with Gasteiger partial charge in [-0.15, -0.1) is 11.3 Å². The number of nitro groups is 1. The summed E-state index contributed by atoms with van der Waals surface area (Å²) in [5, 5.41) is 25.4. The summed E-state index contributed by atoms with van der Waals surface area (Å²) < 4.78 is 1.50. The van der Waals surface area contributed by atoms with E-state index >= 15 is 0 Å². The molecule has 1 N–H and O–H groups in total. The van der Waals surface area contributed by atoms with Crippen LogP contribution in [-0.4, -0.2) is 19.8 Å². The summed E-state index contributed by atoms with van der Waals surface area (Å²) in [5.41, 5.74) is 0.848. The van der Waals surface area contributed by atoms with Crippen molar-refractivity contribution in [1.82, 2.24) is 9.78 Å². The van der Waals surface area contributed by atoms with Gasteiger partial charge in [-0.05, 0) is 18.9 Å². The van der Waals surface area contributed by atoms with Gasteiger partial charge < -0.3 is 5.11 Å². The third-order valence-corrected chi connectivity index (χ3v) is 4.01. The lowest BCUT2D eigenvalue weighted by molar-refractivity contribution is -0.384. The first kappa shape index (κ1) is 13.7. The van der Waals surface area contributed by atoms with Crippen molar-refractivity contribution in [3.63, 3.8) is 0 Å². The second-order valence-electron chi connectivity index (χ2n) is 4.61. The van der Waals surface area contributed by atoms with E-state index in [0.29, 0.717) is 9.88 Å². The largest absolute Gasteiger partial charge is 0.388 e. The van der Waals surface area contributed by atoms with Crippen LogP contribution in [0.2, 0.25) is 0 Å². The van der Waals surface area contributed by atoms with Crippen LogP contribution in [-0.2, 0) is 0 Å². The Morgan fingerprint density at radius 3 is 2.63 bits per heavy atom. The molecule has 0 aliphatic heterocycles. The van der Waals surface area contributed by atoms with E-state index in [-0.39, 0.29) is 11.6 Å². The topological polar surface area (TPSA) is 81.2 Å². The second-order valence-corrected chi connectivity index (χ2v) is 5.67. The third-order valence-electron chi connectivity index (χ3n) is 2.73. The van der Waals surface area contributed by atoms with Crippen LogP contribution in [0.3, 0.4) is 0 Å². The third kappa shape index (κ3) is 2.66. The minimum Gasteiger partial charge on any atom is -0.388 e. The maximum atomic E-state index is 11.1. The van der Waals surface area contributed by atoms with Gasteiger partial charge in [0, 0.05) is 17.1 Å². The zero-order valence-electron chi connectivity index (χ0n) is 10.9. The molecule has 0 amide bonds. The van der Waals surface area contributed by atoms with Gasteiger partial charge in [0.15, 0.2) is 5.00 Å². The molecule has 0 radical (unpaired) electrons. The fourth-order valence-electron chi connectivity index (χ4n) is 1.65. The van der Waals surface area contributed by atoms with E-state index in [1.807, 2.05) is 19.9 Å². The summed E-state index contributed by atoms with van der Waals surface area (Å²) in [6.07, 6.45) is 0.984. The van der Waals surface area contributed by atoms with E-state index in [2.05, 4.69) is 5.10 Å². The van der Waals surface area contributed by atoms with E-state index in [0.717, 1.165) is 5.69 Å². The average molecular weight is 281 g/mol. The van der Waals surface area contributed by atoms with E-state index in [1.54, 1.807) is 13.1 Å². The molecule has 0 spiro atoms. The van der Waals surface area contributed by atoms with Crippen LogP contribution in [0.1, 0.15) is 43.4 Å². The minimum atomic E-state index is -0.724. The Morgan fingerprint density at radius 1 is 1.47 bits per heavy atom. The summed E-state index contributed by atoms with van der Waals surface area (Å²) >= 11 is 1.18. The molecular weight excluding hydrogens is 266 g/mol. The Morgan fingerprint density at radius 2 is 2.16 bits per heavy atom. The van der Waals surface area contributed by atoms with Crippen LogP contribution in [0.5, 0.6) is 0 Å². The Hall–Kier alpha value is -1.73. The zero-order valence-corrected chi connectivity index (χ0v) is 11.7. The fourth-order valence-corrected chi connectivity index (χ4v) is 2.65. The lowest BCUT2D eigenvalue weighted by Gasteiger charge is -1.99. The lowest BCUT2D eigenvalue weighted by atomic mass is 10.1. The second kappa shape index (κ2) is 5.10. The highest BCUT2D eigenvalue weighted by Crippen LogP contribution is 2.35. The molecule has 0 aromatic carbocycles. The molecule has 0 aliphatic rings. The zero-order chi connectivity index (χ0) is 14.2. The highest BCUT2D eigenvalue weighted by atomic mass is 32.1. The van der Waals surface area contributed by atoms with Gasteiger partial charge in [-0.3, -0.25) is 10.1 Å². The van der Waals surface area contributed by atoms with Crippen LogP contribution in [0, 0.1) is 10.1 Å². The number of nitrogens with zero attached hydrogens (tertiary/aromatic N) is 3. The van der Waals surface area contributed by atoms with Crippen molar-refractivity contribution < 1.29 is 10.0 Å². The number of hydrogen-bond donors (Lipinski definition) is 1. The summed E-state index contributed by atoms with van der Waals surface area (Å²) in [7, 11) is 0. The molecule has 19 heavy (non-hydrogen) atoms. The molecule has 7 heteroatoms. The molecule has 0 saturated carbocycles. The summed E-state index contributed by atoms with van der Waals surface area (Å²) in [4.78, 5) is 11.2. The van der Waals surface area contributed by atoms with Crippen molar-refractivity contribution in [1.29, 1.82) is 0 Å². The summed E-state index contributed by atoms with van der Waals surface area (Å²) in [5.74, 6) is 0.261. The van der Waals surface area contributed by atoms with Gasteiger partial charge in [0.2, 0.25) is 0 Å². The maximum absolute atomic E-state index is 11.1. The van der Waals surface area contributed by atoms with Gasteiger partial charge >= 0.3 is 5.69 Å². The van der Waals surface area contributed by atoms with E-state index in [4.69, 9.17) is 0 Å². The Balaban J connectivity index is 2.50. The van der Waals surface area contributed by atoms with Crippen molar-refractivity contribution in [2.75, 3.05) is 0 Å². The van der Waals surface area contributed by atoms with Crippen molar-refractivity contribution in [3.05, 3.63) is 39.0 Å². The first-order valence-electron chi connectivity index (χ1n) is 5.92. The summed E-state index contributed by atoms with van der Waals surface area (Å²) in [6, 6.07) is 3.25. The Labute approximate surface area is 114 Å². The predicted molar refractivity (Wildman–Crippen MR) is 72.8 cm³/mol. The van der Waals surface area contributed by atoms with Gasteiger partial charge in [-0.1, -0.05) is 13.8 Å². The van der Waals surface area contributed by atoms with Crippen molar-refractivity contribution in [3.8, 4) is 5.00 Å². The van der Waals surface area contributed by atoms with E-state index < -0.39 is 11.0 Å². The molecule has 2 aromatic rings. The molecular formula is C12H15N3O3S. The number of aromatic nitrogens is 2. The predicted octanol–water partition coefficient (Wildman–Crippen LogP) is 3.02. The van der Waals surface area contributed by atoms with Crippen LogP contribution >= 0.6 is 11.3 Å². The molecule has 2 aromatic heterocycles. The molecule has 2 rings (SSSR count). The highest BCUT2D eigenvalue weighted by molar-refractivity contribution is 7.15. The van der Waals surface area contributed by atoms with Crippen molar-refractivity contribution in [2.45, 2.75) is 32.8 Å². The minimum absolute atomic E-state index is 0.0284. The van der Waals surface area contributed by atoms with Gasteiger partial charge in [0.1, 0.15) is 0 Å². The number of hydrogen-bond acceptors (Lipinski definition) is 5. The van der Waals surface area contributed by atoms with E-state index in [9.17, 15) is 15.2 Å². The molecule has 1 atom stereocenters. The molecule has 0 saturated heterocycles. The smallest absolute Gasteiger partial charge is 0.306 e. The lowest BCUT2D eigenvalue weighted by Crippen LogP contribution is -1.98. The number of aliphatic hydroxyl groups excluding tert-OH is 1. The Kier molecular flexibility index (Phi) is 3.68. The number of thiophene rings is 1. The Bertz CT molecular complexity index is 601. The molecule has 0 fully saturated rings.